The third-order valence-electron chi connectivity index (χ3n) is 3.05. The Kier molecular flexibility index (Phi) is 3.88. The molecule has 1 aromatic carbocycles. The fourth-order valence-corrected chi connectivity index (χ4v) is 2.29. The second-order valence-corrected chi connectivity index (χ2v) is 4.45. The molecule has 0 aliphatic carbocycles. The van der Waals surface area contributed by atoms with Gasteiger partial charge in [-0.15, -0.1) is 11.6 Å². The quantitative estimate of drug-likeness (QED) is 0.757. The molecule has 0 bridgehead atoms. The van der Waals surface area contributed by atoms with Crippen molar-refractivity contribution in [3.63, 3.8) is 0 Å². The van der Waals surface area contributed by atoms with Gasteiger partial charge in [-0.3, -0.25) is 0 Å². The smallest absolute Gasteiger partial charge is 0.161 e. The number of halogens is 1. The van der Waals surface area contributed by atoms with E-state index in [1.165, 1.54) is 5.56 Å². The minimum Gasteiger partial charge on any atom is -0.366 e. The summed E-state index contributed by atoms with van der Waals surface area (Å²) < 4.78 is 5.33. The largest absolute Gasteiger partial charge is 0.366 e. The van der Waals surface area contributed by atoms with Crippen LogP contribution in [0.3, 0.4) is 0 Å². The molecule has 0 spiro atoms. The van der Waals surface area contributed by atoms with E-state index in [0.717, 1.165) is 17.8 Å². The number of anilines is 1. The summed E-state index contributed by atoms with van der Waals surface area (Å²) in [7, 11) is 0. The van der Waals surface area contributed by atoms with Crippen LogP contribution >= 0.6 is 11.6 Å². The molecule has 0 radical (unpaired) electrons. The predicted octanol–water partition coefficient (Wildman–Crippen LogP) is 2.46. The number of alkyl halides is 1. The van der Waals surface area contributed by atoms with E-state index >= 15 is 0 Å². The van der Waals surface area contributed by atoms with Gasteiger partial charge in [0.15, 0.2) is 6.10 Å². The summed E-state index contributed by atoms with van der Waals surface area (Å²) in [5.74, 6) is 0.538. The zero-order valence-corrected chi connectivity index (χ0v) is 10.6. The molecule has 1 heterocycles. The van der Waals surface area contributed by atoms with Crippen molar-refractivity contribution in [3.8, 4) is 6.07 Å². The van der Waals surface area contributed by atoms with Gasteiger partial charge in [0.2, 0.25) is 0 Å². The fourth-order valence-electron chi connectivity index (χ4n) is 1.99. The minimum absolute atomic E-state index is 0.322. The molecule has 1 atom stereocenters. The maximum atomic E-state index is 8.87. The van der Waals surface area contributed by atoms with Gasteiger partial charge in [-0.25, -0.2) is 0 Å². The lowest BCUT2D eigenvalue weighted by Gasteiger charge is -2.32. The Morgan fingerprint density at radius 1 is 1.59 bits per heavy atom. The topological polar surface area (TPSA) is 36.3 Å². The van der Waals surface area contributed by atoms with Crippen LogP contribution in [-0.4, -0.2) is 25.8 Å². The second-order valence-electron chi connectivity index (χ2n) is 4.18. The van der Waals surface area contributed by atoms with E-state index in [0.29, 0.717) is 19.0 Å². The number of nitrogens with zero attached hydrogens (tertiary/aromatic N) is 2. The van der Waals surface area contributed by atoms with Crippen molar-refractivity contribution in [2.45, 2.75) is 18.9 Å². The molecule has 2 rings (SSSR count). The van der Waals surface area contributed by atoms with Crippen molar-refractivity contribution in [2.24, 2.45) is 0 Å². The van der Waals surface area contributed by atoms with Crippen molar-refractivity contribution in [3.05, 3.63) is 29.3 Å². The molecule has 17 heavy (non-hydrogen) atoms. The molecule has 0 saturated carbocycles. The maximum Gasteiger partial charge on any atom is 0.161 e. The molecule has 0 aromatic heterocycles. The first-order chi connectivity index (χ1) is 8.24. The van der Waals surface area contributed by atoms with Gasteiger partial charge >= 0.3 is 0 Å². The highest BCUT2D eigenvalue weighted by molar-refractivity contribution is 6.17. The van der Waals surface area contributed by atoms with Gasteiger partial charge in [-0.2, -0.15) is 5.26 Å². The third kappa shape index (κ3) is 2.71. The lowest BCUT2D eigenvalue weighted by molar-refractivity contribution is 0.0764. The first-order valence-electron chi connectivity index (χ1n) is 5.66. The van der Waals surface area contributed by atoms with Crippen LogP contribution in [0.2, 0.25) is 0 Å². The average Bonchev–Trinajstić information content (AvgIpc) is 2.38. The van der Waals surface area contributed by atoms with Gasteiger partial charge in [0.25, 0.3) is 0 Å². The summed E-state index contributed by atoms with van der Waals surface area (Å²) in [6.45, 7) is 4.13. The molecule has 90 valence electrons. The molecule has 1 unspecified atom stereocenters. The van der Waals surface area contributed by atoms with Crippen molar-refractivity contribution in [1.82, 2.24) is 0 Å². The van der Waals surface area contributed by atoms with Gasteiger partial charge in [0.1, 0.15) is 0 Å². The highest BCUT2D eigenvalue weighted by Crippen LogP contribution is 2.22. The van der Waals surface area contributed by atoms with Gasteiger partial charge < -0.3 is 9.64 Å². The average molecular weight is 251 g/mol. The Morgan fingerprint density at radius 2 is 2.41 bits per heavy atom. The van der Waals surface area contributed by atoms with E-state index < -0.39 is 0 Å². The molecule has 1 saturated heterocycles. The minimum atomic E-state index is -0.322. The van der Waals surface area contributed by atoms with Gasteiger partial charge in [-0.05, 0) is 30.2 Å². The predicted molar refractivity (Wildman–Crippen MR) is 68.3 cm³/mol. The zero-order valence-electron chi connectivity index (χ0n) is 9.82. The molecular formula is C13H15ClN2O. The van der Waals surface area contributed by atoms with Crippen LogP contribution in [0.1, 0.15) is 11.1 Å². The second kappa shape index (κ2) is 5.39. The summed E-state index contributed by atoms with van der Waals surface area (Å²) in [4.78, 5) is 2.18. The van der Waals surface area contributed by atoms with Crippen LogP contribution in [0.5, 0.6) is 0 Å². The van der Waals surface area contributed by atoms with E-state index in [-0.39, 0.29) is 6.10 Å². The van der Waals surface area contributed by atoms with E-state index in [4.69, 9.17) is 21.6 Å². The molecule has 1 aliphatic rings. The Labute approximate surface area is 107 Å². The van der Waals surface area contributed by atoms with Crippen molar-refractivity contribution in [1.29, 1.82) is 5.26 Å². The Hall–Kier alpha value is -1.24. The highest BCUT2D eigenvalue weighted by atomic mass is 35.5. The van der Waals surface area contributed by atoms with Crippen LogP contribution in [-0.2, 0) is 10.6 Å². The highest BCUT2D eigenvalue weighted by Gasteiger charge is 2.20. The summed E-state index contributed by atoms with van der Waals surface area (Å²) in [5.41, 5.74) is 3.48. The lowest BCUT2D eigenvalue weighted by Crippen LogP contribution is -2.41. The number of morpholine rings is 1. The standard InChI is InChI=1S/C13H15ClN2O/c1-10-6-12(3-2-11(10)7-14)16-4-5-17-13(8-15)9-16/h2-3,6,13H,4-5,7,9H2,1H3. The molecule has 0 amide bonds. The van der Waals surface area contributed by atoms with Crippen LogP contribution in [0.4, 0.5) is 5.69 Å². The molecule has 3 nitrogen and oxygen atoms in total. The first-order valence-corrected chi connectivity index (χ1v) is 6.19. The van der Waals surface area contributed by atoms with E-state index in [2.05, 4.69) is 36.1 Å². The number of ether oxygens (including phenoxy) is 1. The molecule has 0 N–H and O–H groups in total. The summed E-state index contributed by atoms with van der Waals surface area (Å²) in [6, 6.07) is 8.39. The van der Waals surface area contributed by atoms with Crippen LogP contribution in [0.25, 0.3) is 0 Å². The van der Waals surface area contributed by atoms with E-state index in [1.54, 1.807) is 0 Å². The summed E-state index contributed by atoms with van der Waals surface area (Å²) in [5, 5.41) is 8.87. The Morgan fingerprint density at radius 3 is 3.06 bits per heavy atom. The number of aryl methyl sites for hydroxylation is 1. The van der Waals surface area contributed by atoms with Crippen LogP contribution in [0, 0.1) is 18.3 Å². The summed E-state index contributed by atoms with van der Waals surface area (Å²) in [6.07, 6.45) is -0.322. The molecule has 1 fully saturated rings. The van der Waals surface area contributed by atoms with Crippen LogP contribution < -0.4 is 4.90 Å². The summed E-state index contributed by atoms with van der Waals surface area (Å²) >= 11 is 5.84. The van der Waals surface area contributed by atoms with Crippen molar-refractivity contribution < 1.29 is 4.74 Å². The molecule has 1 aliphatic heterocycles. The number of hydrogen-bond donors (Lipinski definition) is 0. The third-order valence-corrected chi connectivity index (χ3v) is 3.33. The normalized spacial score (nSPS) is 20.1. The number of benzene rings is 1. The van der Waals surface area contributed by atoms with E-state index in [9.17, 15) is 0 Å². The molecule has 4 heteroatoms. The lowest BCUT2D eigenvalue weighted by atomic mass is 10.1. The van der Waals surface area contributed by atoms with E-state index in [1.807, 2.05) is 0 Å². The zero-order chi connectivity index (χ0) is 12.3. The van der Waals surface area contributed by atoms with Gasteiger partial charge in [0, 0.05) is 18.1 Å². The van der Waals surface area contributed by atoms with Crippen LogP contribution in [0.15, 0.2) is 18.2 Å². The Balaban J connectivity index is 2.17. The number of nitriles is 1. The first kappa shape index (κ1) is 12.2. The van der Waals surface area contributed by atoms with Crippen molar-refractivity contribution in [2.75, 3.05) is 24.6 Å². The fraction of sp³-hybridized carbons (Fsp3) is 0.462. The Bertz CT molecular complexity index is 442. The van der Waals surface area contributed by atoms with Gasteiger partial charge in [-0.1, -0.05) is 6.07 Å². The molecule has 1 aromatic rings. The SMILES string of the molecule is Cc1cc(N2CCOC(C#N)C2)ccc1CCl. The number of rotatable bonds is 2. The number of hydrogen-bond acceptors (Lipinski definition) is 3. The molecular weight excluding hydrogens is 236 g/mol. The maximum absolute atomic E-state index is 8.87. The van der Waals surface area contributed by atoms with Crippen molar-refractivity contribution >= 4 is 17.3 Å². The monoisotopic (exact) mass is 250 g/mol. The van der Waals surface area contributed by atoms with Gasteiger partial charge in [0.05, 0.1) is 19.2 Å².